The quantitative estimate of drug-likeness (QED) is 0.839. The number of amides is 1. The summed E-state index contributed by atoms with van der Waals surface area (Å²) in [6.45, 7) is 14.1. The summed E-state index contributed by atoms with van der Waals surface area (Å²) in [5.74, 6) is 0.767. The van der Waals surface area contributed by atoms with Crippen molar-refractivity contribution in [1.82, 2.24) is 10.2 Å². The Balaban J connectivity index is 2.27. The van der Waals surface area contributed by atoms with Gasteiger partial charge in [0, 0.05) is 25.2 Å². The number of nitrogens with one attached hydrogen (secondary N) is 1. The third-order valence-corrected chi connectivity index (χ3v) is 3.84. The van der Waals surface area contributed by atoms with Gasteiger partial charge in [0.25, 0.3) is 0 Å². The number of nitrogens with zero attached hydrogens (tertiary/aromatic N) is 1. The Morgan fingerprint density at radius 3 is 2.24 bits per heavy atom. The van der Waals surface area contributed by atoms with Crippen LogP contribution in [0.25, 0.3) is 0 Å². The highest BCUT2D eigenvalue weighted by molar-refractivity contribution is 5.68. The summed E-state index contributed by atoms with van der Waals surface area (Å²) < 4.78 is 5.43. The van der Waals surface area contributed by atoms with Crippen molar-refractivity contribution < 1.29 is 9.53 Å². The molecule has 1 N–H and O–H groups in total. The standard InChI is InChI=1S/C17H34N2O2/c1-13(2)7-8-14(3)18-15-9-11-19(12-10-15)16(20)21-17(4,5)6/h13-15,18H,7-12H2,1-6H3. The Morgan fingerprint density at radius 2 is 1.76 bits per heavy atom. The highest BCUT2D eigenvalue weighted by Crippen LogP contribution is 2.16. The molecule has 1 saturated heterocycles. The Bertz CT molecular complexity index is 315. The molecule has 0 aromatic heterocycles. The Labute approximate surface area is 130 Å². The van der Waals surface area contributed by atoms with E-state index in [-0.39, 0.29) is 6.09 Å². The molecule has 1 aliphatic heterocycles. The van der Waals surface area contributed by atoms with Crippen LogP contribution in [-0.2, 0) is 4.74 Å². The lowest BCUT2D eigenvalue weighted by molar-refractivity contribution is 0.0196. The van der Waals surface area contributed by atoms with Crippen molar-refractivity contribution in [3.05, 3.63) is 0 Å². The Hall–Kier alpha value is -0.770. The average molecular weight is 298 g/mol. The summed E-state index contributed by atoms with van der Waals surface area (Å²) in [6.07, 6.45) is 4.36. The van der Waals surface area contributed by atoms with Crippen LogP contribution in [0.4, 0.5) is 4.79 Å². The molecule has 0 spiro atoms. The molecule has 0 radical (unpaired) electrons. The first kappa shape index (κ1) is 18.3. The number of ether oxygens (including phenoxy) is 1. The molecule has 1 aliphatic rings. The van der Waals surface area contributed by atoms with Crippen molar-refractivity contribution in [1.29, 1.82) is 0 Å². The molecule has 21 heavy (non-hydrogen) atoms. The van der Waals surface area contributed by atoms with Gasteiger partial charge in [-0.1, -0.05) is 13.8 Å². The average Bonchev–Trinajstić information content (AvgIpc) is 2.35. The third-order valence-electron chi connectivity index (χ3n) is 3.84. The van der Waals surface area contributed by atoms with Gasteiger partial charge in [-0.3, -0.25) is 0 Å². The predicted octanol–water partition coefficient (Wildman–Crippen LogP) is 3.80. The molecule has 4 heteroatoms. The van der Waals surface area contributed by atoms with Gasteiger partial charge in [0.1, 0.15) is 5.60 Å². The van der Waals surface area contributed by atoms with Crippen LogP contribution in [0, 0.1) is 5.92 Å². The van der Waals surface area contributed by atoms with E-state index in [4.69, 9.17) is 4.74 Å². The van der Waals surface area contributed by atoms with Crippen LogP contribution in [0.2, 0.25) is 0 Å². The second-order valence-electron chi connectivity index (χ2n) is 7.78. The molecule has 1 amide bonds. The van der Waals surface area contributed by atoms with Crippen molar-refractivity contribution in [3.63, 3.8) is 0 Å². The molecule has 1 rings (SSSR count). The van der Waals surface area contributed by atoms with Gasteiger partial charge in [-0.15, -0.1) is 0 Å². The summed E-state index contributed by atoms with van der Waals surface area (Å²) in [6, 6.07) is 1.09. The van der Waals surface area contributed by atoms with Crippen molar-refractivity contribution in [2.45, 2.75) is 84.9 Å². The van der Waals surface area contributed by atoms with Crippen LogP contribution in [0.3, 0.4) is 0 Å². The molecule has 1 heterocycles. The number of hydrogen-bond acceptors (Lipinski definition) is 3. The first-order chi connectivity index (χ1) is 9.67. The van der Waals surface area contributed by atoms with Gasteiger partial charge < -0.3 is 15.0 Å². The lowest BCUT2D eigenvalue weighted by atomic mass is 10.0. The zero-order valence-electron chi connectivity index (χ0n) is 14.7. The van der Waals surface area contributed by atoms with Crippen molar-refractivity contribution in [2.75, 3.05) is 13.1 Å². The third kappa shape index (κ3) is 7.70. The first-order valence-electron chi connectivity index (χ1n) is 8.41. The molecule has 0 aromatic rings. The van der Waals surface area contributed by atoms with Gasteiger partial charge in [0.15, 0.2) is 0 Å². The minimum absolute atomic E-state index is 0.172. The van der Waals surface area contributed by atoms with Crippen molar-refractivity contribution in [3.8, 4) is 0 Å². The SMILES string of the molecule is CC(C)CCC(C)NC1CCN(C(=O)OC(C)(C)C)CC1. The monoisotopic (exact) mass is 298 g/mol. The van der Waals surface area contributed by atoms with E-state index in [1.807, 2.05) is 25.7 Å². The zero-order chi connectivity index (χ0) is 16.0. The molecule has 0 aliphatic carbocycles. The minimum Gasteiger partial charge on any atom is -0.444 e. The number of carbonyl (C=O) groups excluding carboxylic acids is 1. The van der Waals surface area contributed by atoms with Crippen LogP contribution in [0.1, 0.15) is 67.2 Å². The Morgan fingerprint density at radius 1 is 1.19 bits per heavy atom. The molecular weight excluding hydrogens is 264 g/mol. The number of hydrogen-bond donors (Lipinski definition) is 1. The molecule has 0 saturated carbocycles. The van der Waals surface area contributed by atoms with E-state index in [9.17, 15) is 4.79 Å². The largest absolute Gasteiger partial charge is 0.444 e. The maximum atomic E-state index is 12.0. The summed E-state index contributed by atoms with van der Waals surface area (Å²) in [5.41, 5.74) is -0.405. The molecule has 1 unspecified atom stereocenters. The van der Waals surface area contributed by atoms with Crippen LogP contribution in [0.5, 0.6) is 0 Å². The van der Waals surface area contributed by atoms with Crippen LogP contribution < -0.4 is 5.32 Å². The van der Waals surface area contributed by atoms with Gasteiger partial charge >= 0.3 is 6.09 Å². The molecule has 1 atom stereocenters. The molecule has 0 aromatic carbocycles. The van der Waals surface area contributed by atoms with E-state index < -0.39 is 5.60 Å². The lowest BCUT2D eigenvalue weighted by Crippen LogP contribution is -2.48. The van der Waals surface area contributed by atoms with Gasteiger partial charge in [0.2, 0.25) is 0 Å². The number of carbonyl (C=O) groups is 1. The summed E-state index contributed by atoms with van der Waals surface area (Å²) in [5, 5.41) is 3.70. The van der Waals surface area contributed by atoms with E-state index >= 15 is 0 Å². The summed E-state index contributed by atoms with van der Waals surface area (Å²) in [4.78, 5) is 13.8. The second kappa shape index (κ2) is 8.02. The topological polar surface area (TPSA) is 41.6 Å². The van der Waals surface area contributed by atoms with E-state index in [0.29, 0.717) is 12.1 Å². The Kier molecular flexibility index (Phi) is 6.98. The fraction of sp³-hybridized carbons (Fsp3) is 0.941. The highest BCUT2D eigenvalue weighted by atomic mass is 16.6. The number of likely N-dealkylation sites (tertiary alicyclic amines) is 1. The first-order valence-corrected chi connectivity index (χ1v) is 8.41. The maximum Gasteiger partial charge on any atom is 0.410 e. The van der Waals surface area contributed by atoms with E-state index in [2.05, 4.69) is 26.1 Å². The normalized spacial score (nSPS) is 18.9. The summed E-state index contributed by atoms with van der Waals surface area (Å²) in [7, 11) is 0. The van der Waals surface area contributed by atoms with Gasteiger partial charge in [-0.25, -0.2) is 4.79 Å². The van der Waals surface area contributed by atoms with Crippen molar-refractivity contribution >= 4 is 6.09 Å². The van der Waals surface area contributed by atoms with Crippen LogP contribution >= 0.6 is 0 Å². The molecule has 0 bridgehead atoms. The second-order valence-corrected chi connectivity index (χ2v) is 7.78. The number of rotatable bonds is 5. The lowest BCUT2D eigenvalue weighted by Gasteiger charge is -2.35. The van der Waals surface area contributed by atoms with Gasteiger partial charge in [-0.2, -0.15) is 0 Å². The van der Waals surface area contributed by atoms with Gasteiger partial charge in [-0.05, 0) is 59.3 Å². The highest BCUT2D eigenvalue weighted by Gasteiger charge is 2.27. The van der Waals surface area contributed by atoms with Crippen LogP contribution in [0.15, 0.2) is 0 Å². The summed E-state index contributed by atoms with van der Waals surface area (Å²) >= 11 is 0. The zero-order valence-corrected chi connectivity index (χ0v) is 14.7. The molecule has 4 nitrogen and oxygen atoms in total. The minimum atomic E-state index is -0.405. The van der Waals surface area contributed by atoms with E-state index in [1.165, 1.54) is 12.8 Å². The number of piperidine rings is 1. The fourth-order valence-electron chi connectivity index (χ4n) is 2.62. The van der Waals surface area contributed by atoms with E-state index in [1.54, 1.807) is 0 Å². The predicted molar refractivity (Wildman–Crippen MR) is 87.5 cm³/mol. The van der Waals surface area contributed by atoms with Crippen LogP contribution in [-0.4, -0.2) is 41.8 Å². The smallest absolute Gasteiger partial charge is 0.410 e. The van der Waals surface area contributed by atoms with E-state index in [0.717, 1.165) is 31.8 Å². The fourth-order valence-corrected chi connectivity index (χ4v) is 2.62. The van der Waals surface area contributed by atoms with Crippen molar-refractivity contribution in [2.24, 2.45) is 5.92 Å². The molecule has 1 fully saturated rings. The maximum absolute atomic E-state index is 12.0. The molecular formula is C17H34N2O2. The molecule has 124 valence electrons. The van der Waals surface area contributed by atoms with Gasteiger partial charge in [0.05, 0.1) is 0 Å².